The Morgan fingerprint density at radius 1 is 1.28 bits per heavy atom. The molecule has 0 bridgehead atoms. The van der Waals surface area contributed by atoms with E-state index < -0.39 is 5.91 Å². The first-order valence-electron chi connectivity index (χ1n) is 7.78. The molecule has 6 nitrogen and oxygen atoms in total. The van der Waals surface area contributed by atoms with Gasteiger partial charge in [-0.05, 0) is 36.8 Å². The van der Waals surface area contributed by atoms with Gasteiger partial charge in [0.05, 0.1) is 17.7 Å². The average molecular weight is 402 g/mol. The van der Waals surface area contributed by atoms with Crippen molar-refractivity contribution in [2.24, 2.45) is 10.2 Å². The molecule has 1 heterocycles. The van der Waals surface area contributed by atoms with Crippen LogP contribution in [0, 0.1) is 0 Å². The third kappa shape index (κ3) is 3.71. The molecule has 0 fully saturated rings. The van der Waals surface area contributed by atoms with E-state index in [0.717, 1.165) is 10.9 Å². The maximum Gasteiger partial charge on any atom is 0.299 e. The van der Waals surface area contributed by atoms with Crippen LogP contribution in [0.1, 0.15) is 23.7 Å². The number of para-hydroxylation sites is 1. The number of H-pyrrole nitrogens is 1. The van der Waals surface area contributed by atoms with Crippen molar-refractivity contribution in [1.82, 2.24) is 4.98 Å². The lowest BCUT2D eigenvalue weighted by atomic mass is 10.2. The molecule has 0 aliphatic carbocycles. The average Bonchev–Trinajstić information content (AvgIpc) is 2.92. The predicted octanol–water partition coefficient (Wildman–Crippen LogP) is 5.35. The Hall–Kier alpha value is -2.67. The van der Waals surface area contributed by atoms with Gasteiger partial charge in [0, 0.05) is 9.86 Å². The Morgan fingerprint density at radius 3 is 2.88 bits per heavy atom. The van der Waals surface area contributed by atoms with Crippen LogP contribution in [0.2, 0.25) is 0 Å². The van der Waals surface area contributed by atoms with E-state index in [-0.39, 0.29) is 11.6 Å². The fourth-order valence-electron chi connectivity index (χ4n) is 2.37. The van der Waals surface area contributed by atoms with Gasteiger partial charge in [0.2, 0.25) is 5.88 Å². The molecular weight excluding hydrogens is 386 g/mol. The number of azo groups is 1. The molecule has 0 radical (unpaired) electrons. The van der Waals surface area contributed by atoms with E-state index in [1.807, 2.05) is 13.0 Å². The molecule has 0 saturated heterocycles. The number of carbonyl (C=O) groups excluding carboxylic acids is 1. The quantitative estimate of drug-likeness (QED) is 0.564. The Morgan fingerprint density at radius 2 is 2.08 bits per heavy atom. The minimum Gasteiger partial charge on any atom is -0.493 e. The SMILES string of the molecule is CCCOc1ccccc1C(=O)N=Nc1c(O)[nH]c2ccc(Br)cc12. The first kappa shape index (κ1) is 17.2. The summed E-state index contributed by atoms with van der Waals surface area (Å²) in [5.74, 6) is -0.199. The van der Waals surface area contributed by atoms with Crippen molar-refractivity contribution in [3.05, 3.63) is 52.5 Å². The molecule has 3 rings (SSSR count). The van der Waals surface area contributed by atoms with Crippen LogP contribution in [0.25, 0.3) is 10.9 Å². The van der Waals surface area contributed by atoms with Gasteiger partial charge < -0.3 is 14.8 Å². The molecule has 0 atom stereocenters. The zero-order valence-corrected chi connectivity index (χ0v) is 15.1. The second-order valence-electron chi connectivity index (χ2n) is 5.36. The summed E-state index contributed by atoms with van der Waals surface area (Å²) in [4.78, 5) is 15.2. The zero-order valence-electron chi connectivity index (χ0n) is 13.5. The molecule has 0 aliphatic rings. The molecule has 3 aromatic rings. The van der Waals surface area contributed by atoms with Gasteiger partial charge >= 0.3 is 0 Å². The number of nitrogens with one attached hydrogen (secondary N) is 1. The lowest BCUT2D eigenvalue weighted by Gasteiger charge is -2.07. The molecule has 0 aliphatic heterocycles. The van der Waals surface area contributed by atoms with Gasteiger partial charge in [-0.3, -0.25) is 4.79 Å². The van der Waals surface area contributed by atoms with Gasteiger partial charge in [0.25, 0.3) is 5.91 Å². The molecule has 25 heavy (non-hydrogen) atoms. The third-order valence-electron chi connectivity index (χ3n) is 3.53. The number of benzene rings is 2. The van der Waals surface area contributed by atoms with Gasteiger partial charge in [-0.15, -0.1) is 10.2 Å². The molecule has 128 valence electrons. The van der Waals surface area contributed by atoms with E-state index >= 15 is 0 Å². The fourth-order valence-corrected chi connectivity index (χ4v) is 2.73. The smallest absolute Gasteiger partial charge is 0.299 e. The van der Waals surface area contributed by atoms with Crippen molar-refractivity contribution in [3.8, 4) is 11.6 Å². The van der Waals surface area contributed by atoms with Crippen molar-refractivity contribution >= 4 is 38.4 Å². The fraction of sp³-hybridized carbons (Fsp3) is 0.167. The highest BCUT2D eigenvalue weighted by molar-refractivity contribution is 9.10. The number of nitrogens with zero attached hydrogens (tertiary/aromatic N) is 2. The minimum atomic E-state index is -0.532. The van der Waals surface area contributed by atoms with Crippen LogP contribution in [0.4, 0.5) is 5.69 Å². The van der Waals surface area contributed by atoms with Crippen LogP contribution in [-0.2, 0) is 0 Å². The number of aromatic amines is 1. The summed E-state index contributed by atoms with van der Waals surface area (Å²) in [5.41, 5.74) is 1.26. The van der Waals surface area contributed by atoms with Gasteiger partial charge in [-0.1, -0.05) is 35.0 Å². The molecule has 0 unspecified atom stereocenters. The van der Waals surface area contributed by atoms with Crippen LogP contribution in [-0.4, -0.2) is 22.6 Å². The molecule has 1 aromatic heterocycles. The number of halogens is 1. The maximum absolute atomic E-state index is 12.4. The number of aromatic hydroxyl groups is 1. The lowest BCUT2D eigenvalue weighted by Crippen LogP contribution is -2.02. The molecular formula is C18H16BrN3O3. The number of hydrogen-bond acceptors (Lipinski definition) is 4. The summed E-state index contributed by atoms with van der Waals surface area (Å²) in [6.45, 7) is 2.50. The van der Waals surface area contributed by atoms with Crippen LogP contribution in [0.15, 0.2) is 57.2 Å². The Labute approximate surface area is 152 Å². The molecule has 0 saturated carbocycles. The normalized spacial score (nSPS) is 11.3. The maximum atomic E-state index is 12.4. The largest absolute Gasteiger partial charge is 0.493 e. The number of amides is 1. The van der Waals surface area contributed by atoms with E-state index in [2.05, 4.69) is 31.1 Å². The Bertz CT molecular complexity index is 950. The van der Waals surface area contributed by atoms with Crippen molar-refractivity contribution in [1.29, 1.82) is 0 Å². The number of hydrogen-bond donors (Lipinski definition) is 2. The monoisotopic (exact) mass is 401 g/mol. The van der Waals surface area contributed by atoms with Gasteiger partial charge in [0.1, 0.15) is 5.75 Å². The van der Waals surface area contributed by atoms with Gasteiger partial charge in [0.15, 0.2) is 5.69 Å². The highest BCUT2D eigenvalue weighted by Crippen LogP contribution is 2.37. The summed E-state index contributed by atoms with van der Waals surface area (Å²) >= 11 is 3.37. The number of rotatable bonds is 5. The van der Waals surface area contributed by atoms with Gasteiger partial charge in [-0.25, -0.2) is 0 Å². The van der Waals surface area contributed by atoms with Crippen LogP contribution in [0.5, 0.6) is 11.6 Å². The van der Waals surface area contributed by atoms with Crippen LogP contribution in [0.3, 0.4) is 0 Å². The van der Waals surface area contributed by atoms with Crippen molar-refractivity contribution < 1.29 is 14.6 Å². The van der Waals surface area contributed by atoms with Crippen molar-refractivity contribution in [3.63, 3.8) is 0 Å². The van der Waals surface area contributed by atoms with Crippen LogP contribution >= 0.6 is 15.9 Å². The number of ether oxygens (including phenoxy) is 1. The van der Waals surface area contributed by atoms with E-state index in [1.165, 1.54) is 0 Å². The minimum absolute atomic E-state index is 0.139. The summed E-state index contributed by atoms with van der Waals surface area (Å²) in [6, 6.07) is 12.3. The van der Waals surface area contributed by atoms with Crippen LogP contribution < -0.4 is 4.74 Å². The van der Waals surface area contributed by atoms with E-state index in [4.69, 9.17) is 4.74 Å². The second-order valence-corrected chi connectivity index (χ2v) is 6.28. The van der Waals surface area contributed by atoms with Crippen molar-refractivity contribution in [2.45, 2.75) is 13.3 Å². The number of aromatic nitrogens is 1. The molecule has 2 N–H and O–H groups in total. The molecule has 7 heteroatoms. The number of fused-ring (bicyclic) bond motifs is 1. The Kier molecular flexibility index (Phi) is 5.14. The molecule has 0 spiro atoms. The zero-order chi connectivity index (χ0) is 17.8. The van der Waals surface area contributed by atoms with E-state index in [1.54, 1.807) is 36.4 Å². The number of carbonyl (C=O) groups is 1. The van der Waals surface area contributed by atoms with Crippen molar-refractivity contribution in [2.75, 3.05) is 6.61 Å². The van der Waals surface area contributed by atoms with E-state index in [9.17, 15) is 9.90 Å². The first-order chi connectivity index (χ1) is 12.1. The highest BCUT2D eigenvalue weighted by atomic mass is 79.9. The predicted molar refractivity (Wildman–Crippen MR) is 98.7 cm³/mol. The second kappa shape index (κ2) is 7.48. The topological polar surface area (TPSA) is 87.0 Å². The summed E-state index contributed by atoms with van der Waals surface area (Å²) in [5, 5.41) is 18.4. The summed E-state index contributed by atoms with van der Waals surface area (Å²) < 4.78 is 6.40. The third-order valence-corrected chi connectivity index (χ3v) is 4.03. The molecule has 1 amide bonds. The first-order valence-corrected chi connectivity index (χ1v) is 8.57. The summed E-state index contributed by atoms with van der Waals surface area (Å²) in [6.07, 6.45) is 0.835. The highest BCUT2D eigenvalue weighted by Gasteiger charge is 2.14. The standard InChI is InChI=1S/C18H16BrN3O3/c1-2-9-25-15-6-4-3-5-12(15)17(23)22-21-16-13-10-11(19)7-8-14(13)20-18(16)24/h3-8,10,20,24H,2,9H2,1H3. The lowest BCUT2D eigenvalue weighted by molar-refractivity contribution is 0.0991. The molecule has 2 aromatic carbocycles. The summed E-state index contributed by atoms with van der Waals surface area (Å²) in [7, 11) is 0. The Balaban J connectivity index is 1.91. The van der Waals surface area contributed by atoms with E-state index in [0.29, 0.717) is 28.8 Å². The van der Waals surface area contributed by atoms with Gasteiger partial charge in [-0.2, -0.15) is 0 Å².